The average molecular weight is 328 g/mol. The van der Waals surface area contributed by atoms with E-state index in [1.165, 1.54) is 7.11 Å². The Morgan fingerprint density at radius 3 is 2.17 bits per heavy atom. The molecule has 0 saturated heterocycles. The van der Waals surface area contributed by atoms with Crippen LogP contribution in [0.1, 0.15) is 17.3 Å². The van der Waals surface area contributed by atoms with Crippen molar-refractivity contribution in [3.63, 3.8) is 0 Å². The van der Waals surface area contributed by atoms with Crippen LogP contribution in [0.5, 0.6) is 5.75 Å². The van der Waals surface area contributed by atoms with Crippen LogP contribution in [0, 0.1) is 0 Å². The van der Waals surface area contributed by atoms with Gasteiger partial charge in [-0.25, -0.2) is 0 Å². The molecular formula is C18H20N2O4. The smallest absolute Gasteiger partial charge is 0.325 e. The summed E-state index contributed by atoms with van der Waals surface area (Å²) < 4.78 is 9.91. The van der Waals surface area contributed by atoms with Crippen LogP contribution in [0.2, 0.25) is 0 Å². The summed E-state index contributed by atoms with van der Waals surface area (Å²) in [6, 6.07) is 14.0. The molecule has 1 amide bonds. The lowest BCUT2D eigenvalue weighted by atomic mass is 10.2. The Kier molecular flexibility index (Phi) is 6.19. The molecule has 0 heterocycles. The van der Waals surface area contributed by atoms with E-state index in [4.69, 9.17) is 4.74 Å². The van der Waals surface area contributed by atoms with E-state index >= 15 is 0 Å². The maximum atomic E-state index is 12.2. The minimum atomic E-state index is -0.354. The summed E-state index contributed by atoms with van der Waals surface area (Å²) in [5.74, 6) is 0.197. The SMILES string of the molecule is CCOc1ccc(NC(=O)c2ccc(NCC(=O)OC)cc2)cc1. The van der Waals surface area contributed by atoms with Gasteiger partial charge in [-0.2, -0.15) is 0 Å². The van der Waals surface area contributed by atoms with Crippen molar-refractivity contribution in [2.45, 2.75) is 6.92 Å². The summed E-state index contributed by atoms with van der Waals surface area (Å²) in [5.41, 5.74) is 1.95. The lowest BCUT2D eigenvalue weighted by Gasteiger charge is -2.08. The van der Waals surface area contributed by atoms with Gasteiger partial charge in [0.25, 0.3) is 5.91 Å². The Balaban J connectivity index is 1.93. The fraction of sp³-hybridized carbons (Fsp3) is 0.222. The monoisotopic (exact) mass is 328 g/mol. The number of benzene rings is 2. The van der Waals surface area contributed by atoms with Crippen LogP contribution in [0.25, 0.3) is 0 Å². The van der Waals surface area contributed by atoms with Gasteiger partial charge >= 0.3 is 5.97 Å². The van der Waals surface area contributed by atoms with Crippen molar-refractivity contribution in [1.82, 2.24) is 0 Å². The van der Waals surface area contributed by atoms with Gasteiger partial charge in [0.2, 0.25) is 0 Å². The Hall–Kier alpha value is -3.02. The van der Waals surface area contributed by atoms with E-state index in [9.17, 15) is 9.59 Å². The summed E-state index contributed by atoms with van der Waals surface area (Å²) in [6.07, 6.45) is 0. The van der Waals surface area contributed by atoms with Crippen molar-refractivity contribution < 1.29 is 19.1 Å². The minimum absolute atomic E-state index is 0.0776. The number of rotatable bonds is 7. The normalized spacial score (nSPS) is 9.92. The molecule has 6 nitrogen and oxygen atoms in total. The lowest BCUT2D eigenvalue weighted by Crippen LogP contribution is -2.15. The first kappa shape index (κ1) is 17.3. The molecule has 24 heavy (non-hydrogen) atoms. The Bertz CT molecular complexity index is 681. The first-order valence-corrected chi connectivity index (χ1v) is 7.57. The molecule has 2 rings (SSSR count). The van der Waals surface area contributed by atoms with Crippen molar-refractivity contribution >= 4 is 23.3 Å². The molecule has 0 saturated carbocycles. The topological polar surface area (TPSA) is 76.7 Å². The molecule has 0 bridgehead atoms. The van der Waals surface area contributed by atoms with E-state index in [2.05, 4.69) is 15.4 Å². The number of carbonyl (C=O) groups is 2. The number of methoxy groups -OCH3 is 1. The highest BCUT2D eigenvalue weighted by molar-refractivity contribution is 6.04. The summed E-state index contributed by atoms with van der Waals surface area (Å²) in [4.78, 5) is 23.3. The summed E-state index contributed by atoms with van der Waals surface area (Å²) >= 11 is 0. The Morgan fingerprint density at radius 1 is 0.958 bits per heavy atom. The van der Waals surface area contributed by atoms with Gasteiger partial charge in [-0.05, 0) is 55.5 Å². The Morgan fingerprint density at radius 2 is 1.58 bits per heavy atom. The standard InChI is InChI=1S/C18H20N2O4/c1-3-24-16-10-8-15(9-11-16)20-18(22)13-4-6-14(7-5-13)19-12-17(21)23-2/h4-11,19H,3,12H2,1-2H3,(H,20,22). The fourth-order valence-corrected chi connectivity index (χ4v) is 1.99. The van der Waals surface area contributed by atoms with Gasteiger partial charge in [0.05, 0.1) is 13.7 Å². The number of amides is 1. The maximum Gasteiger partial charge on any atom is 0.325 e. The molecule has 0 aliphatic carbocycles. The van der Waals surface area contributed by atoms with Gasteiger partial charge < -0.3 is 20.1 Å². The highest BCUT2D eigenvalue weighted by atomic mass is 16.5. The zero-order chi connectivity index (χ0) is 17.4. The van der Waals surface area contributed by atoms with Crippen molar-refractivity contribution in [3.05, 3.63) is 54.1 Å². The molecule has 2 N–H and O–H groups in total. The fourth-order valence-electron chi connectivity index (χ4n) is 1.99. The maximum absolute atomic E-state index is 12.2. The third kappa shape index (κ3) is 5.01. The predicted octanol–water partition coefficient (Wildman–Crippen LogP) is 2.92. The molecule has 0 radical (unpaired) electrons. The largest absolute Gasteiger partial charge is 0.494 e. The van der Waals surface area contributed by atoms with Gasteiger partial charge in [-0.1, -0.05) is 0 Å². The molecule has 0 aliphatic heterocycles. The van der Waals surface area contributed by atoms with Crippen LogP contribution in [0.4, 0.5) is 11.4 Å². The molecule has 0 aliphatic rings. The molecule has 2 aromatic rings. The van der Waals surface area contributed by atoms with E-state index < -0.39 is 0 Å². The quantitative estimate of drug-likeness (QED) is 0.764. The number of ether oxygens (including phenoxy) is 2. The third-order valence-electron chi connectivity index (χ3n) is 3.23. The van der Waals surface area contributed by atoms with Gasteiger partial charge in [-0.3, -0.25) is 9.59 Å². The lowest BCUT2D eigenvalue weighted by molar-refractivity contribution is -0.138. The second-order valence-electron chi connectivity index (χ2n) is 4.92. The van der Waals surface area contributed by atoms with Crippen LogP contribution >= 0.6 is 0 Å². The molecular weight excluding hydrogens is 308 g/mol. The number of nitrogens with one attached hydrogen (secondary N) is 2. The summed E-state index contributed by atoms with van der Waals surface area (Å²) in [6.45, 7) is 2.59. The molecule has 6 heteroatoms. The number of hydrogen-bond acceptors (Lipinski definition) is 5. The molecule has 0 aromatic heterocycles. The van der Waals surface area contributed by atoms with E-state index in [1.807, 2.05) is 6.92 Å². The predicted molar refractivity (Wildman–Crippen MR) is 92.5 cm³/mol. The number of carbonyl (C=O) groups excluding carboxylic acids is 2. The van der Waals surface area contributed by atoms with Crippen molar-refractivity contribution in [3.8, 4) is 5.75 Å². The van der Waals surface area contributed by atoms with Gasteiger partial charge in [0.15, 0.2) is 0 Å². The van der Waals surface area contributed by atoms with Crippen LogP contribution in [-0.2, 0) is 9.53 Å². The van der Waals surface area contributed by atoms with Gasteiger partial charge in [0, 0.05) is 16.9 Å². The summed E-state index contributed by atoms with van der Waals surface area (Å²) in [5, 5.41) is 5.73. The van der Waals surface area contributed by atoms with Crippen molar-refractivity contribution in [2.75, 3.05) is 30.9 Å². The number of esters is 1. The minimum Gasteiger partial charge on any atom is -0.494 e. The van der Waals surface area contributed by atoms with E-state index in [0.29, 0.717) is 17.9 Å². The van der Waals surface area contributed by atoms with Gasteiger partial charge in [0.1, 0.15) is 12.3 Å². The second-order valence-corrected chi connectivity index (χ2v) is 4.92. The number of hydrogen-bond donors (Lipinski definition) is 2. The molecule has 126 valence electrons. The molecule has 2 aromatic carbocycles. The van der Waals surface area contributed by atoms with Crippen molar-refractivity contribution in [2.24, 2.45) is 0 Å². The summed E-state index contributed by atoms with van der Waals surface area (Å²) in [7, 11) is 1.33. The van der Waals surface area contributed by atoms with Crippen LogP contribution in [0.3, 0.4) is 0 Å². The zero-order valence-corrected chi connectivity index (χ0v) is 13.7. The molecule has 0 fully saturated rings. The highest BCUT2D eigenvalue weighted by Gasteiger charge is 2.07. The van der Waals surface area contributed by atoms with Crippen molar-refractivity contribution in [1.29, 1.82) is 0 Å². The zero-order valence-electron chi connectivity index (χ0n) is 13.7. The molecule has 0 spiro atoms. The second kappa shape index (κ2) is 8.57. The van der Waals surface area contributed by atoms with Crippen LogP contribution in [0.15, 0.2) is 48.5 Å². The van der Waals surface area contributed by atoms with Crippen LogP contribution < -0.4 is 15.4 Å². The van der Waals surface area contributed by atoms with E-state index in [1.54, 1.807) is 48.5 Å². The first-order chi connectivity index (χ1) is 11.6. The highest BCUT2D eigenvalue weighted by Crippen LogP contribution is 2.17. The molecule has 0 unspecified atom stereocenters. The van der Waals surface area contributed by atoms with Crippen LogP contribution in [-0.4, -0.2) is 32.1 Å². The number of anilines is 2. The molecule has 0 atom stereocenters. The van der Waals surface area contributed by atoms with Gasteiger partial charge in [-0.15, -0.1) is 0 Å². The van der Waals surface area contributed by atoms with E-state index in [0.717, 1.165) is 11.4 Å². The third-order valence-corrected chi connectivity index (χ3v) is 3.23. The first-order valence-electron chi connectivity index (χ1n) is 7.57. The Labute approximate surface area is 140 Å². The van der Waals surface area contributed by atoms with E-state index in [-0.39, 0.29) is 18.4 Å². The average Bonchev–Trinajstić information content (AvgIpc) is 2.62.